The predicted molar refractivity (Wildman–Crippen MR) is 68.5 cm³/mol. The summed E-state index contributed by atoms with van der Waals surface area (Å²) in [7, 11) is 1.82. The molecule has 1 aromatic heterocycles. The lowest BCUT2D eigenvalue weighted by molar-refractivity contribution is -0.149. The summed E-state index contributed by atoms with van der Waals surface area (Å²) in [5, 5.41) is 0. The fraction of sp³-hybridized carbons (Fsp3) is 0.615. The molecule has 1 saturated heterocycles. The first-order valence-electron chi connectivity index (χ1n) is 6.55. The van der Waals surface area contributed by atoms with Crippen LogP contribution in [0.3, 0.4) is 0 Å². The SMILES string of the molecule is CCOC(=O)[C@@H]1CCCN(C(=O)c2cn(C)cn2)C1. The van der Waals surface area contributed by atoms with Gasteiger partial charge in [-0.05, 0) is 19.8 Å². The van der Waals surface area contributed by atoms with Crippen LogP contribution in [0.2, 0.25) is 0 Å². The van der Waals surface area contributed by atoms with Gasteiger partial charge in [-0.1, -0.05) is 0 Å². The normalized spacial score (nSPS) is 19.3. The molecule has 1 fully saturated rings. The Morgan fingerprint density at radius 2 is 2.32 bits per heavy atom. The van der Waals surface area contributed by atoms with E-state index in [1.54, 1.807) is 28.9 Å². The van der Waals surface area contributed by atoms with Crippen LogP contribution in [-0.2, 0) is 16.6 Å². The number of likely N-dealkylation sites (tertiary alicyclic amines) is 1. The number of ether oxygens (including phenoxy) is 1. The Balaban J connectivity index is 2.01. The molecule has 0 unspecified atom stereocenters. The molecule has 6 heteroatoms. The quantitative estimate of drug-likeness (QED) is 0.760. The van der Waals surface area contributed by atoms with E-state index in [0.29, 0.717) is 25.4 Å². The standard InChI is InChI=1S/C13H19N3O3/c1-3-19-13(18)10-5-4-6-16(7-10)12(17)11-8-15(2)9-14-11/h8-10H,3-7H2,1-2H3/t10-/m1/s1. The Morgan fingerprint density at radius 1 is 1.53 bits per heavy atom. The highest BCUT2D eigenvalue weighted by Crippen LogP contribution is 2.19. The van der Waals surface area contributed by atoms with Crippen molar-refractivity contribution in [3.63, 3.8) is 0 Å². The number of piperidine rings is 1. The molecule has 0 N–H and O–H groups in total. The van der Waals surface area contributed by atoms with Gasteiger partial charge in [0, 0.05) is 26.3 Å². The molecule has 0 saturated carbocycles. The predicted octanol–water partition coefficient (Wildman–Crippen LogP) is 0.835. The van der Waals surface area contributed by atoms with Crippen LogP contribution in [0.25, 0.3) is 0 Å². The van der Waals surface area contributed by atoms with Crippen LogP contribution < -0.4 is 0 Å². The number of hydrogen-bond acceptors (Lipinski definition) is 4. The van der Waals surface area contributed by atoms with Crippen molar-refractivity contribution < 1.29 is 14.3 Å². The third-order valence-corrected chi connectivity index (χ3v) is 3.25. The molecule has 1 atom stereocenters. The van der Waals surface area contributed by atoms with Gasteiger partial charge in [-0.3, -0.25) is 9.59 Å². The number of amides is 1. The number of carbonyl (C=O) groups excluding carboxylic acids is 2. The van der Waals surface area contributed by atoms with Gasteiger partial charge in [0.1, 0.15) is 5.69 Å². The summed E-state index contributed by atoms with van der Waals surface area (Å²) in [5.74, 6) is -0.531. The average Bonchev–Trinajstić information content (AvgIpc) is 2.85. The van der Waals surface area contributed by atoms with Gasteiger partial charge < -0.3 is 14.2 Å². The molecular formula is C13H19N3O3. The van der Waals surface area contributed by atoms with E-state index in [4.69, 9.17) is 4.74 Å². The summed E-state index contributed by atoms with van der Waals surface area (Å²) in [6.45, 7) is 3.26. The van der Waals surface area contributed by atoms with Gasteiger partial charge in [-0.15, -0.1) is 0 Å². The Hall–Kier alpha value is -1.85. The van der Waals surface area contributed by atoms with Gasteiger partial charge in [0.05, 0.1) is 18.9 Å². The van der Waals surface area contributed by atoms with Gasteiger partial charge >= 0.3 is 5.97 Å². The zero-order valence-corrected chi connectivity index (χ0v) is 11.3. The Bertz CT molecular complexity index is 469. The molecule has 1 aliphatic heterocycles. The van der Waals surface area contributed by atoms with E-state index in [1.807, 2.05) is 7.05 Å². The van der Waals surface area contributed by atoms with Crippen molar-refractivity contribution in [3.8, 4) is 0 Å². The summed E-state index contributed by atoms with van der Waals surface area (Å²) in [4.78, 5) is 29.7. The minimum absolute atomic E-state index is 0.116. The minimum atomic E-state index is -0.207. The minimum Gasteiger partial charge on any atom is -0.466 e. The lowest BCUT2D eigenvalue weighted by atomic mass is 9.98. The van der Waals surface area contributed by atoms with Crippen LogP contribution in [0.15, 0.2) is 12.5 Å². The molecule has 2 rings (SSSR count). The van der Waals surface area contributed by atoms with Gasteiger partial charge in [0.25, 0.3) is 5.91 Å². The highest BCUT2D eigenvalue weighted by atomic mass is 16.5. The number of aromatic nitrogens is 2. The third-order valence-electron chi connectivity index (χ3n) is 3.25. The Kier molecular flexibility index (Phi) is 4.19. The lowest BCUT2D eigenvalue weighted by Gasteiger charge is -2.31. The first-order chi connectivity index (χ1) is 9.11. The molecule has 0 spiro atoms. The van der Waals surface area contributed by atoms with E-state index in [2.05, 4.69) is 4.98 Å². The van der Waals surface area contributed by atoms with E-state index in [0.717, 1.165) is 12.8 Å². The second kappa shape index (κ2) is 5.86. The van der Waals surface area contributed by atoms with Crippen LogP contribution >= 0.6 is 0 Å². The molecule has 1 aromatic rings. The molecule has 2 heterocycles. The van der Waals surface area contributed by atoms with Crippen LogP contribution in [0.1, 0.15) is 30.3 Å². The number of esters is 1. The molecule has 0 aliphatic carbocycles. The van der Waals surface area contributed by atoms with Crippen molar-refractivity contribution in [2.75, 3.05) is 19.7 Å². The van der Waals surface area contributed by atoms with Crippen LogP contribution in [-0.4, -0.2) is 46.0 Å². The summed E-state index contributed by atoms with van der Waals surface area (Å²) < 4.78 is 6.76. The van der Waals surface area contributed by atoms with Crippen molar-refractivity contribution >= 4 is 11.9 Å². The summed E-state index contributed by atoms with van der Waals surface area (Å²) in [6.07, 6.45) is 4.89. The fourth-order valence-corrected chi connectivity index (χ4v) is 2.30. The van der Waals surface area contributed by atoms with E-state index >= 15 is 0 Å². The molecular weight excluding hydrogens is 246 g/mol. The summed E-state index contributed by atoms with van der Waals surface area (Å²) in [6, 6.07) is 0. The molecule has 104 valence electrons. The second-order valence-corrected chi connectivity index (χ2v) is 4.77. The molecule has 0 bridgehead atoms. The highest BCUT2D eigenvalue weighted by Gasteiger charge is 2.30. The van der Waals surface area contributed by atoms with Gasteiger partial charge in [-0.25, -0.2) is 4.98 Å². The number of aryl methyl sites for hydroxylation is 1. The number of imidazole rings is 1. The van der Waals surface area contributed by atoms with Crippen LogP contribution in [0.4, 0.5) is 0 Å². The van der Waals surface area contributed by atoms with Crippen molar-refractivity contribution in [3.05, 3.63) is 18.2 Å². The molecule has 0 radical (unpaired) electrons. The van der Waals surface area contributed by atoms with Crippen LogP contribution in [0.5, 0.6) is 0 Å². The zero-order valence-electron chi connectivity index (χ0n) is 11.3. The molecule has 1 aliphatic rings. The monoisotopic (exact) mass is 265 g/mol. The average molecular weight is 265 g/mol. The molecule has 6 nitrogen and oxygen atoms in total. The Labute approximate surface area is 112 Å². The first kappa shape index (κ1) is 13.6. The van der Waals surface area contributed by atoms with E-state index in [1.165, 1.54) is 0 Å². The zero-order chi connectivity index (χ0) is 13.8. The first-order valence-corrected chi connectivity index (χ1v) is 6.55. The number of hydrogen-bond donors (Lipinski definition) is 0. The van der Waals surface area contributed by atoms with Crippen molar-refractivity contribution in [1.29, 1.82) is 0 Å². The Morgan fingerprint density at radius 3 is 2.95 bits per heavy atom. The van der Waals surface area contributed by atoms with E-state index in [9.17, 15) is 9.59 Å². The molecule has 1 amide bonds. The summed E-state index contributed by atoms with van der Waals surface area (Å²) >= 11 is 0. The summed E-state index contributed by atoms with van der Waals surface area (Å²) in [5.41, 5.74) is 0.423. The fourth-order valence-electron chi connectivity index (χ4n) is 2.30. The lowest BCUT2D eigenvalue weighted by Crippen LogP contribution is -2.43. The number of carbonyl (C=O) groups is 2. The second-order valence-electron chi connectivity index (χ2n) is 4.77. The number of nitrogens with zero attached hydrogens (tertiary/aromatic N) is 3. The molecule has 0 aromatic carbocycles. The largest absolute Gasteiger partial charge is 0.466 e. The maximum atomic E-state index is 12.2. The molecule has 19 heavy (non-hydrogen) atoms. The number of rotatable bonds is 3. The topological polar surface area (TPSA) is 64.4 Å². The highest BCUT2D eigenvalue weighted by molar-refractivity contribution is 5.92. The van der Waals surface area contributed by atoms with E-state index < -0.39 is 0 Å². The van der Waals surface area contributed by atoms with Crippen molar-refractivity contribution in [2.45, 2.75) is 19.8 Å². The van der Waals surface area contributed by atoms with Crippen molar-refractivity contribution in [1.82, 2.24) is 14.5 Å². The smallest absolute Gasteiger partial charge is 0.310 e. The maximum absolute atomic E-state index is 12.2. The third kappa shape index (κ3) is 3.13. The van der Waals surface area contributed by atoms with Gasteiger partial charge in [0.2, 0.25) is 0 Å². The van der Waals surface area contributed by atoms with Crippen molar-refractivity contribution in [2.24, 2.45) is 13.0 Å². The maximum Gasteiger partial charge on any atom is 0.310 e. The van der Waals surface area contributed by atoms with E-state index in [-0.39, 0.29) is 17.8 Å². The van der Waals surface area contributed by atoms with Gasteiger partial charge in [0.15, 0.2) is 0 Å². The van der Waals surface area contributed by atoms with Crippen LogP contribution in [0, 0.1) is 5.92 Å². The van der Waals surface area contributed by atoms with Gasteiger partial charge in [-0.2, -0.15) is 0 Å².